The molecule has 0 aliphatic rings. The zero-order chi connectivity index (χ0) is 11.2. The van der Waals surface area contributed by atoms with Gasteiger partial charge in [0, 0.05) is 6.42 Å². The van der Waals surface area contributed by atoms with E-state index in [0.29, 0.717) is 6.61 Å². The number of esters is 1. The number of hydrogen-bond donors (Lipinski definition) is 0. The van der Waals surface area contributed by atoms with Gasteiger partial charge in [-0.1, -0.05) is 13.5 Å². The van der Waals surface area contributed by atoms with Crippen molar-refractivity contribution in [3.05, 3.63) is 12.7 Å². The first kappa shape index (κ1) is 12.9. The maximum absolute atomic E-state index is 11.5. The predicted octanol–water partition coefficient (Wildman–Crippen LogP) is 2.11. The summed E-state index contributed by atoms with van der Waals surface area (Å²) in [5, 5.41) is 0. The first-order valence-electron chi connectivity index (χ1n) is 4.76. The number of rotatable bonds is 6. The number of hydrogen-bond acceptors (Lipinski definition) is 3. The summed E-state index contributed by atoms with van der Waals surface area (Å²) in [6.07, 6.45) is 2.17. The predicted molar refractivity (Wildman–Crippen MR) is 54.9 cm³/mol. The van der Waals surface area contributed by atoms with Gasteiger partial charge in [-0.2, -0.15) is 0 Å². The normalized spacial score (nSPS) is 10.8. The molecular formula is C11H18O3. The molecule has 0 rings (SSSR count). The molecule has 0 aliphatic carbocycles. The van der Waals surface area contributed by atoms with E-state index >= 15 is 0 Å². The Kier molecular flexibility index (Phi) is 5.13. The van der Waals surface area contributed by atoms with E-state index < -0.39 is 5.41 Å². The molecular weight excluding hydrogens is 180 g/mol. The van der Waals surface area contributed by atoms with E-state index in [2.05, 4.69) is 6.58 Å². The van der Waals surface area contributed by atoms with Gasteiger partial charge < -0.3 is 4.74 Å². The van der Waals surface area contributed by atoms with Crippen molar-refractivity contribution in [2.75, 3.05) is 6.61 Å². The molecule has 0 bridgehead atoms. The fraction of sp³-hybridized carbons (Fsp3) is 0.636. The molecule has 0 fully saturated rings. The minimum atomic E-state index is -0.750. The Balaban J connectivity index is 4.22. The SMILES string of the molecule is C=CC(=O)CC(C)(C)C(=O)OCCC. The number of ether oxygens (including phenoxy) is 1. The van der Waals surface area contributed by atoms with Gasteiger partial charge in [-0.15, -0.1) is 0 Å². The van der Waals surface area contributed by atoms with Crippen molar-refractivity contribution >= 4 is 11.8 Å². The molecule has 14 heavy (non-hydrogen) atoms. The summed E-state index contributed by atoms with van der Waals surface area (Å²) in [6, 6.07) is 0. The number of allylic oxidation sites excluding steroid dienone is 1. The molecule has 0 N–H and O–H groups in total. The summed E-state index contributed by atoms with van der Waals surface area (Å²) >= 11 is 0. The molecule has 0 aromatic carbocycles. The van der Waals surface area contributed by atoms with E-state index in [9.17, 15) is 9.59 Å². The lowest BCUT2D eigenvalue weighted by Gasteiger charge is -2.20. The van der Waals surface area contributed by atoms with Crippen molar-refractivity contribution in [1.82, 2.24) is 0 Å². The minimum Gasteiger partial charge on any atom is -0.465 e. The fourth-order valence-electron chi connectivity index (χ4n) is 0.970. The first-order valence-corrected chi connectivity index (χ1v) is 4.76. The molecule has 80 valence electrons. The summed E-state index contributed by atoms with van der Waals surface area (Å²) < 4.78 is 4.98. The molecule has 3 nitrogen and oxygen atoms in total. The largest absolute Gasteiger partial charge is 0.465 e. The maximum Gasteiger partial charge on any atom is 0.311 e. The average molecular weight is 198 g/mol. The van der Waals surface area contributed by atoms with Gasteiger partial charge in [-0.3, -0.25) is 9.59 Å². The summed E-state index contributed by atoms with van der Waals surface area (Å²) in [7, 11) is 0. The standard InChI is InChI=1S/C11H18O3/c1-5-7-14-10(13)11(3,4)8-9(12)6-2/h6H,2,5,7-8H2,1,3-4H3. The summed E-state index contributed by atoms with van der Waals surface area (Å²) in [5.74, 6) is -0.460. The highest BCUT2D eigenvalue weighted by Crippen LogP contribution is 2.22. The van der Waals surface area contributed by atoms with Gasteiger partial charge in [0.05, 0.1) is 12.0 Å². The molecule has 0 amide bonds. The van der Waals surface area contributed by atoms with Crippen LogP contribution in [0.15, 0.2) is 12.7 Å². The third kappa shape index (κ3) is 4.21. The van der Waals surface area contributed by atoms with Crippen molar-refractivity contribution in [1.29, 1.82) is 0 Å². The average Bonchev–Trinajstić information content (AvgIpc) is 2.13. The van der Waals surface area contributed by atoms with E-state index in [4.69, 9.17) is 4.74 Å². The van der Waals surface area contributed by atoms with Crippen LogP contribution in [0.5, 0.6) is 0 Å². The minimum absolute atomic E-state index is 0.136. The monoisotopic (exact) mass is 198 g/mol. The van der Waals surface area contributed by atoms with Gasteiger partial charge in [0.2, 0.25) is 0 Å². The van der Waals surface area contributed by atoms with E-state index in [1.807, 2.05) is 6.92 Å². The molecule has 0 saturated heterocycles. The highest BCUT2D eigenvalue weighted by Gasteiger charge is 2.30. The quantitative estimate of drug-likeness (QED) is 0.485. The van der Waals surface area contributed by atoms with Crippen LogP contribution >= 0.6 is 0 Å². The van der Waals surface area contributed by atoms with Crippen LogP contribution in [0, 0.1) is 5.41 Å². The van der Waals surface area contributed by atoms with Crippen molar-refractivity contribution in [2.24, 2.45) is 5.41 Å². The Morgan fingerprint density at radius 3 is 2.43 bits per heavy atom. The van der Waals surface area contributed by atoms with Crippen LogP contribution < -0.4 is 0 Å². The van der Waals surface area contributed by atoms with Gasteiger partial charge in [0.25, 0.3) is 0 Å². The Morgan fingerprint density at radius 1 is 1.43 bits per heavy atom. The molecule has 0 unspecified atom stereocenters. The van der Waals surface area contributed by atoms with E-state index in [0.717, 1.165) is 6.42 Å². The topological polar surface area (TPSA) is 43.4 Å². The third-order valence-corrected chi connectivity index (χ3v) is 1.83. The molecule has 0 atom stereocenters. The zero-order valence-corrected chi connectivity index (χ0v) is 9.13. The lowest BCUT2D eigenvalue weighted by molar-refractivity contribution is -0.155. The van der Waals surface area contributed by atoms with Crippen LogP contribution in [-0.4, -0.2) is 18.4 Å². The highest BCUT2D eigenvalue weighted by molar-refractivity contribution is 5.93. The molecule has 0 radical (unpaired) electrons. The molecule has 0 aromatic rings. The number of ketones is 1. The third-order valence-electron chi connectivity index (χ3n) is 1.83. The molecule has 0 aliphatic heterocycles. The van der Waals surface area contributed by atoms with Crippen LogP contribution in [0.4, 0.5) is 0 Å². The molecule has 3 heteroatoms. The number of carbonyl (C=O) groups is 2. The number of carbonyl (C=O) groups excluding carboxylic acids is 2. The summed E-state index contributed by atoms with van der Waals surface area (Å²) in [6.45, 7) is 9.10. The van der Waals surface area contributed by atoms with Gasteiger partial charge in [-0.05, 0) is 26.3 Å². The van der Waals surface area contributed by atoms with Gasteiger partial charge in [0.15, 0.2) is 5.78 Å². The van der Waals surface area contributed by atoms with Crippen molar-refractivity contribution in [3.63, 3.8) is 0 Å². The van der Waals surface area contributed by atoms with E-state index in [1.165, 1.54) is 6.08 Å². The lowest BCUT2D eigenvalue weighted by Crippen LogP contribution is -2.29. The zero-order valence-electron chi connectivity index (χ0n) is 9.13. The second-order valence-electron chi connectivity index (χ2n) is 3.87. The van der Waals surface area contributed by atoms with E-state index in [1.54, 1.807) is 13.8 Å². The highest BCUT2D eigenvalue weighted by atomic mass is 16.5. The maximum atomic E-state index is 11.5. The fourth-order valence-corrected chi connectivity index (χ4v) is 0.970. The van der Waals surface area contributed by atoms with Crippen LogP contribution in [0.25, 0.3) is 0 Å². The molecule has 0 aromatic heterocycles. The van der Waals surface area contributed by atoms with Crippen molar-refractivity contribution in [3.8, 4) is 0 Å². The second-order valence-corrected chi connectivity index (χ2v) is 3.87. The Labute approximate surface area is 85.1 Å². The Morgan fingerprint density at radius 2 is 2.00 bits per heavy atom. The Hall–Kier alpha value is -1.12. The van der Waals surface area contributed by atoms with E-state index in [-0.39, 0.29) is 18.2 Å². The smallest absolute Gasteiger partial charge is 0.311 e. The van der Waals surface area contributed by atoms with Gasteiger partial charge in [-0.25, -0.2) is 0 Å². The van der Waals surface area contributed by atoms with Crippen molar-refractivity contribution in [2.45, 2.75) is 33.6 Å². The van der Waals surface area contributed by atoms with Gasteiger partial charge >= 0.3 is 5.97 Å². The van der Waals surface area contributed by atoms with Crippen LogP contribution in [0.2, 0.25) is 0 Å². The van der Waals surface area contributed by atoms with Crippen LogP contribution in [0.3, 0.4) is 0 Å². The molecule has 0 saturated carbocycles. The molecule has 0 spiro atoms. The van der Waals surface area contributed by atoms with Crippen molar-refractivity contribution < 1.29 is 14.3 Å². The summed E-state index contributed by atoms with van der Waals surface area (Å²) in [5.41, 5.74) is -0.750. The molecule has 0 heterocycles. The lowest BCUT2D eigenvalue weighted by atomic mass is 9.87. The second kappa shape index (κ2) is 5.58. The summed E-state index contributed by atoms with van der Waals surface area (Å²) in [4.78, 5) is 22.5. The van der Waals surface area contributed by atoms with Crippen LogP contribution in [0.1, 0.15) is 33.6 Å². The first-order chi connectivity index (χ1) is 6.44. The van der Waals surface area contributed by atoms with Gasteiger partial charge in [0.1, 0.15) is 0 Å². The Bertz CT molecular complexity index is 229. The van der Waals surface area contributed by atoms with Crippen LogP contribution in [-0.2, 0) is 14.3 Å².